The molecule has 4 heteroatoms. The van der Waals surface area contributed by atoms with Gasteiger partial charge in [0.2, 0.25) is 0 Å². The van der Waals surface area contributed by atoms with Crippen LogP contribution in [-0.4, -0.2) is 34.5 Å². The van der Waals surface area contributed by atoms with Gasteiger partial charge in [-0.3, -0.25) is 0 Å². The third-order valence-corrected chi connectivity index (χ3v) is 2.97. The van der Waals surface area contributed by atoms with Crippen molar-refractivity contribution < 1.29 is 5.11 Å². The second-order valence-electron chi connectivity index (χ2n) is 4.31. The topological polar surface area (TPSA) is 49.2 Å². The van der Waals surface area contributed by atoms with Crippen molar-refractivity contribution in [1.29, 1.82) is 0 Å². The van der Waals surface area contributed by atoms with Gasteiger partial charge in [0, 0.05) is 13.1 Å². The Morgan fingerprint density at radius 2 is 2.20 bits per heavy atom. The lowest BCUT2D eigenvalue weighted by atomic mass is 9.97. The molecule has 2 rings (SSSR count). The number of hydrogen-bond acceptors (Lipinski definition) is 4. The van der Waals surface area contributed by atoms with Crippen molar-refractivity contribution in [2.24, 2.45) is 5.92 Å². The van der Waals surface area contributed by atoms with Crippen molar-refractivity contribution in [3.8, 4) is 0 Å². The van der Waals surface area contributed by atoms with E-state index in [2.05, 4.69) is 22.0 Å². The Balaban J connectivity index is 2.08. The van der Waals surface area contributed by atoms with E-state index >= 15 is 0 Å². The lowest BCUT2D eigenvalue weighted by Crippen LogP contribution is -2.42. The molecule has 2 atom stereocenters. The smallest absolute Gasteiger partial charge is 0.151 e. The highest BCUT2D eigenvalue weighted by atomic mass is 16.3. The fourth-order valence-electron chi connectivity index (χ4n) is 1.90. The quantitative estimate of drug-likeness (QED) is 0.746. The zero-order chi connectivity index (χ0) is 10.8. The summed E-state index contributed by atoms with van der Waals surface area (Å²) in [5.74, 6) is 1.22. The summed E-state index contributed by atoms with van der Waals surface area (Å²) in [6, 6.07) is 3.96. The van der Waals surface area contributed by atoms with E-state index < -0.39 is 0 Å². The number of piperidine rings is 1. The molecule has 1 saturated heterocycles. The van der Waals surface area contributed by atoms with Gasteiger partial charge in [0.25, 0.3) is 0 Å². The fourth-order valence-corrected chi connectivity index (χ4v) is 1.90. The van der Waals surface area contributed by atoms with Crippen LogP contribution in [0.4, 0.5) is 5.82 Å². The molecule has 0 aromatic carbocycles. The van der Waals surface area contributed by atoms with Gasteiger partial charge in [-0.1, -0.05) is 6.92 Å². The van der Waals surface area contributed by atoms with Crippen molar-refractivity contribution >= 4 is 5.82 Å². The molecule has 1 aromatic rings. The van der Waals surface area contributed by atoms with Crippen LogP contribution >= 0.6 is 0 Å². The summed E-state index contributed by atoms with van der Waals surface area (Å²) in [6.07, 6.45) is 0.649. The van der Waals surface area contributed by atoms with Crippen LogP contribution < -0.4 is 4.90 Å². The van der Waals surface area contributed by atoms with Gasteiger partial charge in [0.15, 0.2) is 5.82 Å². The first-order valence-corrected chi connectivity index (χ1v) is 5.40. The number of anilines is 1. The molecule has 82 valence electrons. The Bertz CT molecular complexity index is 325. The standard InChI is InChI=1S/C11H17N3O/c1-8-7-14(6-5-10(8)15)11-4-3-9(2)12-13-11/h3-4,8,10,15H,5-7H2,1-2H3. The Kier molecular flexibility index (Phi) is 2.86. The Morgan fingerprint density at radius 1 is 1.40 bits per heavy atom. The van der Waals surface area contributed by atoms with Crippen LogP contribution in [0.5, 0.6) is 0 Å². The number of aromatic nitrogens is 2. The van der Waals surface area contributed by atoms with Crippen molar-refractivity contribution in [2.45, 2.75) is 26.4 Å². The van der Waals surface area contributed by atoms with E-state index in [0.717, 1.165) is 31.0 Å². The number of rotatable bonds is 1. The van der Waals surface area contributed by atoms with Crippen LogP contribution in [0.15, 0.2) is 12.1 Å². The number of aryl methyl sites for hydroxylation is 1. The maximum atomic E-state index is 9.62. The Labute approximate surface area is 89.9 Å². The minimum atomic E-state index is -0.167. The normalized spacial score (nSPS) is 26.7. The predicted octanol–water partition coefficient (Wildman–Crippen LogP) is 0.992. The Hall–Kier alpha value is -1.16. The number of nitrogens with zero attached hydrogens (tertiary/aromatic N) is 3. The van der Waals surface area contributed by atoms with E-state index in [-0.39, 0.29) is 6.10 Å². The molecule has 2 unspecified atom stereocenters. The molecule has 0 amide bonds. The first-order chi connectivity index (χ1) is 7.16. The lowest BCUT2D eigenvalue weighted by Gasteiger charge is -2.34. The molecule has 15 heavy (non-hydrogen) atoms. The molecule has 0 bridgehead atoms. The monoisotopic (exact) mass is 207 g/mol. The van der Waals surface area contributed by atoms with Crippen LogP contribution in [0.3, 0.4) is 0 Å². The minimum absolute atomic E-state index is 0.167. The molecular weight excluding hydrogens is 190 g/mol. The van der Waals surface area contributed by atoms with Gasteiger partial charge in [-0.2, -0.15) is 5.10 Å². The summed E-state index contributed by atoms with van der Waals surface area (Å²) >= 11 is 0. The predicted molar refractivity (Wildman–Crippen MR) is 58.8 cm³/mol. The van der Waals surface area contributed by atoms with Crippen molar-refractivity contribution in [2.75, 3.05) is 18.0 Å². The van der Waals surface area contributed by atoms with Gasteiger partial charge in [-0.25, -0.2) is 0 Å². The van der Waals surface area contributed by atoms with Crippen molar-refractivity contribution in [3.63, 3.8) is 0 Å². The summed E-state index contributed by atoms with van der Waals surface area (Å²) in [5, 5.41) is 17.8. The van der Waals surface area contributed by atoms with E-state index in [4.69, 9.17) is 0 Å². The molecular formula is C11H17N3O. The summed E-state index contributed by atoms with van der Waals surface area (Å²) in [5.41, 5.74) is 0.934. The van der Waals surface area contributed by atoms with Crippen LogP contribution in [0.25, 0.3) is 0 Å². The van der Waals surface area contributed by atoms with E-state index in [1.165, 1.54) is 0 Å². The first-order valence-electron chi connectivity index (χ1n) is 5.40. The maximum absolute atomic E-state index is 9.62. The third kappa shape index (κ3) is 2.26. The van der Waals surface area contributed by atoms with E-state index in [0.29, 0.717) is 5.92 Å². The van der Waals surface area contributed by atoms with E-state index in [1.807, 2.05) is 19.1 Å². The number of aliphatic hydroxyl groups is 1. The van der Waals surface area contributed by atoms with Gasteiger partial charge in [0.1, 0.15) is 0 Å². The Morgan fingerprint density at radius 3 is 2.80 bits per heavy atom. The summed E-state index contributed by atoms with van der Waals surface area (Å²) in [7, 11) is 0. The molecule has 1 N–H and O–H groups in total. The molecule has 0 radical (unpaired) electrons. The highest BCUT2D eigenvalue weighted by Gasteiger charge is 2.24. The minimum Gasteiger partial charge on any atom is -0.393 e. The average Bonchev–Trinajstić information content (AvgIpc) is 2.23. The highest BCUT2D eigenvalue weighted by Crippen LogP contribution is 2.20. The van der Waals surface area contributed by atoms with Crippen molar-refractivity contribution in [3.05, 3.63) is 17.8 Å². The zero-order valence-corrected chi connectivity index (χ0v) is 9.22. The maximum Gasteiger partial charge on any atom is 0.151 e. The number of hydrogen-bond donors (Lipinski definition) is 1. The second-order valence-corrected chi connectivity index (χ2v) is 4.31. The van der Waals surface area contributed by atoms with E-state index in [1.54, 1.807) is 0 Å². The van der Waals surface area contributed by atoms with Gasteiger partial charge >= 0.3 is 0 Å². The second kappa shape index (κ2) is 4.14. The largest absolute Gasteiger partial charge is 0.393 e. The van der Waals surface area contributed by atoms with Crippen LogP contribution in [0, 0.1) is 12.8 Å². The SMILES string of the molecule is Cc1ccc(N2CCC(O)C(C)C2)nn1. The van der Waals surface area contributed by atoms with Gasteiger partial charge in [-0.05, 0) is 31.4 Å². The molecule has 2 heterocycles. The third-order valence-electron chi connectivity index (χ3n) is 2.97. The molecule has 1 aliphatic rings. The average molecular weight is 207 g/mol. The molecule has 4 nitrogen and oxygen atoms in total. The van der Waals surface area contributed by atoms with Gasteiger partial charge < -0.3 is 10.0 Å². The number of aliphatic hydroxyl groups excluding tert-OH is 1. The molecule has 1 fully saturated rings. The van der Waals surface area contributed by atoms with Crippen LogP contribution in [0.1, 0.15) is 19.0 Å². The van der Waals surface area contributed by atoms with Gasteiger partial charge in [-0.15, -0.1) is 5.10 Å². The van der Waals surface area contributed by atoms with E-state index in [9.17, 15) is 5.11 Å². The lowest BCUT2D eigenvalue weighted by molar-refractivity contribution is 0.0968. The van der Waals surface area contributed by atoms with Crippen LogP contribution in [-0.2, 0) is 0 Å². The summed E-state index contributed by atoms with van der Waals surface area (Å²) in [4.78, 5) is 2.18. The van der Waals surface area contributed by atoms with Crippen molar-refractivity contribution in [1.82, 2.24) is 10.2 Å². The highest BCUT2D eigenvalue weighted by molar-refractivity contribution is 5.37. The fraction of sp³-hybridized carbons (Fsp3) is 0.636. The van der Waals surface area contributed by atoms with Gasteiger partial charge in [0.05, 0.1) is 11.8 Å². The summed E-state index contributed by atoms with van der Waals surface area (Å²) in [6.45, 7) is 5.72. The molecule has 1 aliphatic heterocycles. The zero-order valence-electron chi connectivity index (χ0n) is 9.22. The molecule has 1 aromatic heterocycles. The van der Waals surface area contributed by atoms with Crippen LogP contribution in [0.2, 0.25) is 0 Å². The molecule has 0 spiro atoms. The first kappa shape index (κ1) is 10.4. The summed E-state index contributed by atoms with van der Waals surface area (Å²) < 4.78 is 0. The molecule has 0 aliphatic carbocycles. The molecule has 0 saturated carbocycles.